The summed E-state index contributed by atoms with van der Waals surface area (Å²) in [5.74, 6) is 0. The van der Waals surface area contributed by atoms with Gasteiger partial charge in [-0.3, -0.25) is 0 Å². The molecule has 0 aliphatic carbocycles. The summed E-state index contributed by atoms with van der Waals surface area (Å²) in [7, 11) is 0. The van der Waals surface area contributed by atoms with E-state index >= 15 is 0 Å². The summed E-state index contributed by atoms with van der Waals surface area (Å²) in [6.07, 6.45) is 2.00. The number of urea groups is 1. The van der Waals surface area contributed by atoms with E-state index in [2.05, 4.69) is 30.5 Å². The molecule has 0 bridgehead atoms. The Labute approximate surface area is 89.9 Å². The minimum atomic E-state index is -0.228. The first-order valence-electron chi connectivity index (χ1n) is 5.34. The number of para-hydroxylation sites is 1. The molecule has 0 radical (unpaired) electrons. The smallest absolute Gasteiger partial charge is 0.319 e. The van der Waals surface area contributed by atoms with Crippen LogP contribution in [0.5, 0.6) is 0 Å². The van der Waals surface area contributed by atoms with Gasteiger partial charge in [0.15, 0.2) is 0 Å². The molecule has 0 saturated carbocycles. The van der Waals surface area contributed by atoms with E-state index in [1.165, 1.54) is 5.56 Å². The van der Waals surface area contributed by atoms with Crippen LogP contribution in [0.2, 0.25) is 0 Å². The number of benzene rings is 1. The second-order valence-electron chi connectivity index (χ2n) is 4.21. The standard InChI is InChI=1S/C12H16N2O/c1-3-8-12(2)9-6-4-5-7-10(9)13-11(15)14-12/h4-7H,3,8H2,1-2H3,(H2,13,14,15). The van der Waals surface area contributed by atoms with Gasteiger partial charge in [-0.05, 0) is 19.4 Å². The van der Waals surface area contributed by atoms with Crippen molar-refractivity contribution < 1.29 is 4.79 Å². The molecule has 0 fully saturated rings. The number of anilines is 1. The highest BCUT2D eigenvalue weighted by Gasteiger charge is 2.33. The minimum absolute atomic E-state index is 0.107. The van der Waals surface area contributed by atoms with Crippen LogP contribution in [0.3, 0.4) is 0 Å². The summed E-state index contributed by atoms with van der Waals surface area (Å²) in [5.41, 5.74) is 1.87. The second-order valence-corrected chi connectivity index (χ2v) is 4.21. The molecule has 2 N–H and O–H groups in total. The highest BCUT2D eigenvalue weighted by atomic mass is 16.2. The first-order chi connectivity index (χ1) is 7.15. The van der Waals surface area contributed by atoms with Gasteiger partial charge in [0.25, 0.3) is 0 Å². The molecular formula is C12H16N2O. The van der Waals surface area contributed by atoms with Crippen LogP contribution in [0.4, 0.5) is 10.5 Å². The maximum absolute atomic E-state index is 11.5. The van der Waals surface area contributed by atoms with Crippen LogP contribution in [0.15, 0.2) is 24.3 Å². The quantitative estimate of drug-likeness (QED) is 0.764. The highest BCUT2D eigenvalue weighted by Crippen LogP contribution is 2.34. The maximum Gasteiger partial charge on any atom is 0.319 e. The van der Waals surface area contributed by atoms with E-state index in [-0.39, 0.29) is 11.6 Å². The number of amides is 2. The Bertz CT molecular complexity index is 389. The average molecular weight is 204 g/mol. The minimum Gasteiger partial charge on any atom is -0.329 e. The number of rotatable bonds is 2. The van der Waals surface area contributed by atoms with Gasteiger partial charge < -0.3 is 10.6 Å². The fraction of sp³-hybridized carbons (Fsp3) is 0.417. The SMILES string of the molecule is CCCC1(C)NC(=O)Nc2ccccc21. The predicted molar refractivity (Wildman–Crippen MR) is 60.9 cm³/mol. The largest absolute Gasteiger partial charge is 0.329 e. The lowest BCUT2D eigenvalue weighted by molar-refractivity contribution is 0.233. The number of fused-ring (bicyclic) bond motifs is 1. The predicted octanol–water partition coefficient (Wildman–Crippen LogP) is 2.84. The van der Waals surface area contributed by atoms with Gasteiger partial charge in [0, 0.05) is 11.3 Å². The first kappa shape index (κ1) is 10.0. The van der Waals surface area contributed by atoms with E-state index in [1.807, 2.05) is 18.2 Å². The van der Waals surface area contributed by atoms with E-state index in [1.54, 1.807) is 0 Å². The molecule has 1 aliphatic heterocycles. The van der Waals surface area contributed by atoms with Gasteiger partial charge in [-0.1, -0.05) is 31.5 Å². The van der Waals surface area contributed by atoms with E-state index in [9.17, 15) is 4.79 Å². The summed E-state index contributed by atoms with van der Waals surface area (Å²) < 4.78 is 0. The summed E-state index contributed by atoms with van der Waals surface area (Å²) in [4.78, 5) is 11.5. The zero-order valence-corrected chi connectivity index (χ0v) is 9.13. The third-order valence-electron chi connectivity index (χ3n) is 2.91. The lowest BCUT2D eigenvalue weighted by Crippen LogP contribution is -2.49. The van der Waals surface area contributed by atoms with E-state index in [0.29, 0.717) is 0 Å². The van der Waals surface area contributed by atoms with Gasteiger partial charge in [-0.2, -0.15) is 0 Å². The summed E-state index contributed by atoms with van der Waals surface area (Å²) in [6, 6.07) is 7.85. The molecule has 0 aromatic heterocycles. The number of carbonyl (C=O) groups is 1. The van der Waals surface area contributed by atoms with Gasteiger partial charge in [-0.15, -0.1) is 0 Å². The van der Waals surface area contributed by atoms with Crippen molar-refractivity contribution in [1.29, 1.82) is 0 Å². The maximum atomic E-state index is 11.5. The Morgan fingerprint density at radius 2 is 2.07 bits per heavy atom. The van der Waals surface area contributed by atoms with Gasteiger partial charge in [0.05, 0.1) is 5.54 Å². The highest BCUT2D eigenvalue weighted by molar-refractivity contribution is 5.93. The molecule has 0 spiro atoms. The van der Waals surface area contributed by atoms with Crippen LogP contribution < -0.4 is 10.6 Å². The van der Waals surface area contributed by atoms with Crippen molar-refractivity contribution in [2.45, 2.75) is 32.2 Å². The fourth-order valence-corrected chi connectivity index (χ4v) is 2.24. The molecule has 3 nitrogen and oxygen atoms in total. The Morgan fingerprint density at radius 3 is 2.80 bits per heavy atom. The van der Waals surface area contributed by atoms with Crippen molar-refractivity contribution in [2.75, 3.05) is 5.32 Å². The van der Waals surface area contributed by atoms with Crippen molar-refractivity contribution in [3.63, 3.8) is 0 Å². The number of hydrogen-bond acceptors (Lipinski definition) is 1. The van der Waals surface area contributed by atoms with E-state index < -0.39 is 0 Å². The molecule has 2 amide bonds. The van der Waals surface area contributed by atoms with Gasteiger partial charge in [0.2, 0.25) is 0 Å². The van der Waals surface area contributed by atoms with Crippen molar-refractivity contribution in [1.82, 2.24) is 5.32 Å². The molecule has 2 rings (SSSR count). The van der Waals surface area contributed by atoms with Crippen molar-refractivity contribution in [2.24, 2.45) is 0 Å². The van der Waals surface area contributed by atoms with Gasteiger partial charge in [-0.25, -0.2) is 4.79 Å². The van der Waals surface area contributed by atoms with Crippen LogP contribution in [-0.4, -0.2) is 6.03 Å². The zero-order valence-electron chi connectivity index (χ0n) is 9.13. The van der Waals surface area contributed by atoms with E-state index in [0.717, 1.165) is 18.5 Å². The van der Waals surface area contributed by atoms with Crippen molar-refractivity contribution in [3.8, 4) is 0 Å². The molecule has 1 aromatic carbocycles. The summed E-state index contributed by atoms with van der Waals surface area (Å²) >= 11 is 0. The molecule has 15 heavy (non-hydrogen) atoms. The lowest BCUT2D eigenvalue weighted by Gasteiger charge is -2.36. The third-order valence-corrected chi connectivity index (χ3v) is 2.91. The van der Waals surface area contributed by atoms with E-state index in [4.69, 9.17) is 0 Å². The normalized spacial score (nSPS) is 24.0. The molecule has 1 unspecified atom stereocenters. The summed E-state index contributed by atoms with van der Waals surface area (Å²) in [6.45, 7) is 4.20. The molecule has 3 heteroatoms. The topological polar surface area (TPSA) is 41.1 Å². The van der Waals surface area contributed by atoms with Crippen LogP contribution in [0.25, 0.3) is 0 Å². The van der Waals surface area contributed by atoms with Crippen molar-refractivity contribution >= 4 is 11.7 Å². The zero-order chi connectivity index (χ0) is 10.9. The fourth-order valence-electron chi connectivity index (χ4n) is 2.24. The molecular weight excluding hydrogens is 188 g/mol. The molecule has 1 aromatic rings. The third kappa shape index (κ3) is 1.69. The number of nitrogens with one attached hydrogen (secondary N) is 2. The molecule has 1 atom stereocenters. The number of hydrogen-bond donors (Lipinski definition) is 2. The molecule has 0 saturated heterocycles. The van der Waals surface area contributed by atoms with Gasteiger partial charge in [0.1, 0.15) is 0 Å². The summed E-state index contributed by atoms with van der Waals surface area (Å²) in [5, 5.41) is 5.82. The molecule has 1 aliphatic rings. The Hall–Kier alpha value is -1.51. The first-order valence-corrected chi connectivity index (χ1v) is 5.34. The van der Waals surface area contributed by atoms with Crippen LogP contribution in [0, 0.1) is 0 Å². The Kier molecular flexibility index (Phi) is 2.39. The molecule has 1 heterocycles. The van der Waals surface area contributed by atoms with Crippen molar-refractivity contribution in [3.05, 3.63) is 29.8 Å². The second kappa shape index (κ2) is 3.57. The van der Waals surface area contributed by atoms with Crippen LogP contribution in [-0.2, 0) is 5.54 Å². The van der Waals surface area contributed by atoms with Crippen LogP contribution in [0.1, 0.15) is 32.3 Å². The average Bonchev–Trinajstić information content (AvgIpc) is 2.17. The Morgan fingerprint density at radius 1 is 1.33 bits per heavy atom. The lowest BCUT2D eigenvalue weighted by atomic mass is 9.85. The Balaban J connectivity index is 2.46. The van der Waals surface area contributed by atoms with Crippen LogP contribution >= 0.6 is 0 Å². The monoisotopic (exact) mass is 204 g/mol. The number of carbonyl (C=O) groups excluding carboxylic acids is 1. The molecule has 80 valence electrons. The van der Waals surface area contributed by atoms with Gasteiger partial charge >= 0.3 is 6.03 Å².